The van der Waals surface area contributed by atoms with Crippen molar-refractivity contribution in [2.45, 2.75) is 143 Å². The predicted molar refractivity (Wildman–Crippen MR) is 141 cm³/mol. The van der Waals surface area contributed by atoms with E-state index in [1.807, 2.05) is 0 Å². The minimum absolute atomic E-state index is 0.254. The molecule has 4 heterocycles. The van der Waals surface area contributed by atoms with Gasteiger partial charge in [0.05, 0.1) is 13.2 Å². The second-order valence-corrected chi connectivity index (χ2v) is 15.7. The van der Waals surface area contributed by atoms with Gasteiger partial charge in [-0.25, -0.2) is 0 Å². The number of piperidine rings is 3. The first-order valence-corrected chi connectivity index (χ1v) is 14.2. The topological polar surface area (TPSA) is 15.7 Å². The molecule has 5 aliphatic rings. The fraction of sp³-hybridized carbons (Fsp3) is 1.00. The molecule has 1 aliphatic carbocycles. The lowest BCUT2D eigenvalue weighted by atomic mass is 9.59. The zero-order chi connectivity index (χ0) is 24.4. The van der Waals surface area contributed by atoms with E-state index in [1.165, 1.54) is 51.5 Å². The van der Waals surface area contributed by atoms with Gasteiger partial charge >= 0.3 is 0 Å². The molecule has 0 aromatic heterocycles. The molecular formula is C30H56N2O. The molecule has 5 fully saturated rings. The SMILES string of the molecule is CC(C)(C)C1CC2COCC(C1)N2C(C)(C)CCC(C)(C)C1CC2CCC1CN2C(C)(C)C. The molecular weight excluding hydrogens is 404 g/mol. The maximum atomic E-state index is 6.09. The highest BCUT2D eigenvalue weighted by Gasteiger charge is 2.51. The van der Waals surface area contributed by atoms with Gasteiger partial charge in [0.15, 0.2) is 0 Å². The van der Waals surface area contributed by atoms with Gasteiger partial charge < -0.3 is 4.74 Å². The van der Waals surface area contributed by atoms with Crippen LogP contribution in [0.4, 0.5) is 0 Å². The fourth-order valence-electron chi connectivity index (χ4n) is 8.45. The van der Waals surface area contributed by atoms with Crippen molar-refractivity contribution in [3.8, 4) is 0 Å². The Morgan fingerprint density at radius 2 is 1.33 bits per heavy atom. The Hall–Kier alpha value is -0.120. The number of fused-ring (bicyclic) bond motifs is 5. The van der Waals surface area contributed by atoms with Crippen molar-refractivity contribution < 1.29 is 4.74 Å². The molecule has 0 aromatic carbocycles. The van der Waals surface area contributed by atoms with E-state index >= 15 is 0 Å². The summed E-state index contributed by atoms with van der Waals surface area (Å²) in [7, 11) is 0. The Morgan fingerprint density at radius 1 is 0.727 bits per heavy atom. The summed E-state index contributed by atoms with van der Waals surface area (Å²) in [5.41, 5.74) is 1.41. The van der Waals surface area contributed by atoms with Crippen LogP contribution in [0.15, 0.2) is 0 Å². The molecule has 4 bridgehead atoms. The van der Waals surface area contributed by atoms with Crippen LogP contribution >= 0.6 is 0 Å². The normalized spacial score (nSPS) is 36.9. The molecule has 33 heavy (non-hydrogen) atoms. The van der Waals surface area contributed by atoms with Crippen LogP contribution in [0.5, 0.6) is 0 Å². The smallest absolute Gasteiger partial charge is 0.0623 e. The first-order chi connectivity index (χ1) is 15.1. The molecule has 0 radical (unpaired) electrons. The third kappa shape index (κ3) is 5.21. The van der Waals surface area contributed by atoms with Gasteiger partial charge in [-0.05, 0) is 108 Å². The Balaban J connectivity index is 1.41. The predicted octanol–water partition coefficient (Wildman–Crippen LogP) is 7.00. The lowest BCUT2D eigenvalue weighted by molar-refractivity contribution is -0.144. The van der Waals surface area contributed by atoms with E-state index in [1.54, 1.807) is 0 Å². The lowest BCUT2D eigenvalue weighted by Gasteiger charge is -2.59. The van der Waals surface area contributed by atoms with Crippen LogP contribution in [0.3, 0.4) is 0 Å². The number of rotatable bonds is 5. The largest absolute Gasteiger partial charge is 0.378 e. The molecule has 1 saturated carbocycles. The number of ether oxygens (including phenoxy) is 1. The average Bonchev–Trinajstić information content (AvgIpc) is 2.70. The maximum absolute atomic E-state index is 6.09. The summed E-state index contributed by atoms with van der Waals surface area (Å²) in [6.07, 6.45) is 9.57. The summed E-state index contributed by atoms with van der Waals surface area (Å²) < 4.78 is 6.09. The number of hydrogen-bond donors (Lipinski definition) is 0. The Bertz CT molecular complexity index is 670. The Labute approximate surface area is 206 Å². The number of nitrogens with zero attached hydrogens (tertiary/aromatic N) is 2. The highest BCUT2D eigenvalue weighted by Crippen LogP contribution is 2.52. The summed E-state index contributed by atoms with van der Waals surface area (Å²) in [6.45, 7) is 28.1. The van der Waals surface area contributed by atoms with Gasteiger partial charge in [-0.3, -0.25) is 9.80 Å². The third-order valence-electron chi connectivity index (χ3n) is 10.5. The molecule has 3 heteroatoms. The molecule has 0 aromatic rings. The molecule has 5 atom stereocenters. The quantitative estimate of drug-likeness (QED) is 0.439. The average molecular weight is 461 g/mol. The number of morpholine rings is 1. The van der Waals surface area contributed by atoms with E-state index in [0.29, 0.717) is 28.5 Å². The van der Waals surface area contributed by atoms with Crippen LogP contribution < -0.4 is 0 Å². The lowest BCUT2D eigenvalue weighted by Crippen LogP contribution is -2.65. The van der Waals surface area contributed by atoms with Gasteiger partial charge in [0.1, 0.15) is 0 Å². The van der Waals surface area contributed by atoms with Crippen molar-refractivity contribution >= 4 is 0 Å². The van der Waals surface area contributed by atoms with E-state index in [9.17, 15) is 0 Å². The van der Waals surface area contributed by atoms with Crippen LogP contribution in [0.1, 0.15) is 114 Å². The van der Waals surface area contributed by atoms with Crippen molar-refractivity contribution in [2.75, 3.05) is 19.8 Å². The summed E-state index contributed by atoms with van der Waals surface area (Å²) in [5.74, 6) is 2.60. The van der Waals surface area contributed by atoms with Crippen molar-refractivity contribution in [1.82, 2.24) is 9.80 Å². The van der Waals surface area contributed by atoms with E-state index < -0.39 is 0 Å². The molecule has 5 rings (SSSR count). The first kappa shape index (κ1) is 26.0. The molecule has 0 N–H and O–H groups in total. The highest BCUT2D eigenvalue weighted by atomic mass is 16.5. The van der Waals surface area contributed by atoms with Crippen LogP contribution in [-0.4, -0.2) is 58.8 Å². The second kappa shape index (κ2) is 8.77. The van der Waals surface area contributed by atoms with E-state index in [-0.39, 0.29) is 5.54 Å². The van der Waals surface area contributed by atoms with Gasteiger partial charge in [-0.1, -0.05) is 34.6 Å². The minimum Gasteiger partial charge on any atom is -0.378 e. The van der Waals surface area contributed by atoms with Crippen LogP contribution in [0, 0.1) is 28.6 Å². The zero-order valence-electron chi connectivity index (χ0n) is 23.8. The van der Waals surface area contributed by atoms with Crippen LogP contribution in [-0.2, 0) is 4.74 Å². The molecule has 3 nitrogen and oxygen atoms in total. The van der Waals surface area contributed by atoms with Crippen LogP contribution in [0.2, 0.25) is 0 Å². The second-order valence-electron chi connectivity index (χ2n) is 15.7. The van der Waals surface area contributed by atoms with Crippen molar-refractivity contribution in [3.05, 3.63) is 0 Å². The number of hydrogen-bond acceptors (Lipinski definition) is 3. The summed E-state index contributed by atoms with van der Waals surface area (Å²) >= 11 is 0. The molecule has 5 unspecified atom stereocenters. The molecule has 0 spiro atoms. The Morgan fingerprint density at radius 3 is 1.82 bits per heavy atom. The molecule has 4 saturated heterocycles. The molecule has 0 amide bonds. The van der Waals surface area contributed by atoms with Gasteiger partial charge in [0, 0.05) is 35.7 Å². The van der Waals surface area contributed by atoms with Crippen LogP contribution in [0.25, 0.3) is 0 Å². The van der Waals surface area contributed by atoms with Gasteiger partial charge in [-0.15, -0.1) is 0 Å². The summed E-state index contributed by atoms with van der Waals surface area (Å²) in [4.78, 5) is 5.75. The standard InChI is InChI=1S/C30H56N2O/c1-27(2,3)22-15-24-19-33-20-25(16-22)32(24)30(9,10)14-13-29(7,8)26-17-23-12-11-21(26)18-31(23)28(4,5)6/h21-26H,11-20H2,1-10H3. The third-order valence-corrected chi connectivity index (χ3v) is 10.5. The molecule has 192 valence electrons. The van der Waals surface area contributed by atoms with Crippen molar-refractivity contribution in [2.24, 2.45) is 28.6 Å². The monoisotopic (exact) mass is 460 g/mol. The highest BCUT2D eigenvalue weighted by molar-refractivity contribution is 5.04. The van der Waals surface area contributed by atoms with Crippen molar-refractivity contribution in [3.63, 3.8) is 0 Å². The minimum atomic E-state index is 0.254. The Kier molecular flexibility index (Phi) is 6.90. The van der Waals surface area contributed by atoms with E-state index in [2.05, 4.69) is 79.0 Å². The fourth-order valence-corrected chi connectivity index (χ4v) is 8.45. The van der Waals surface area contributed by atoms with Gasteiger partial charge in [0.25, 0.3) is 0 Å². The maximum Gasteiger partial charge on any atom is 0.0623 e. The molecule has 4 aliphatic heterocycles. The van der Waals surface area contributed by atoms with Gasteiger partial charge in [0.2, 0.25) is 0 Å². The van der Waals surface area contributed by atoms with E-state index in [4.69, 9.17) is 4.74 Å². The van der Waals surface area contributed by atoms with Crippen molar-refractivity contribution in [1.29, 1.82) is 0 Å². The summed E-state index contributed by atoms with van der Waals surface area (Å²) in [5, 5.41) is 0. The van der Waals surface area contributed by atoms with Gasteiger partial charge in [-0.2, -0.15) is 0 Å². The zero-order valence-corrected chi connectivity index (χ0v) is 23.8. The first-order valence-electron chi connectivity index (χ1n) is 14.2. The van der Waals surface area contributed by atoms with E-state index in [0.717, 1.165) is 37.0 Å². The summed E-state index contributed by atoms with van der Waals surface area (Å²) in [6, 6.07) is 2.01.